The first-order valence-electron chi connectivity index (χ1n) is 7.61. The highest BCUT2D eigenvalue weighted by molar-refractivity contribution is 5.29. The number of imidazole rings is 1. The number of rotatable bonds is 7. The van der Waals surface area contributed by atoms with E-state index in [4.69, 9.17) is 4.74 Å². The monoisotopic (exact) mass is 292 g/mol. The second kappa shape index (κ2) is 7.57. The highest BCUT2D eigenvalue weighted by atomic mass is 16.5. The number of benzene rings is 2. The predicted octanol–water partition coefficient (Wildman–Crippen LogP) is 4.08. The van der Waals surface area contributed by atoms with Gasteiger partial charge in [0.05, 0.1) is 6.33 Å². The van der Waals surface area contributed by atoms with Crippen LogP contribution in [0.5, 0.6) is 0 Å². The van der Waals surface area contributed by atoms with Crippen LogP contribution in [-0.2, 0) is 11.3 Å². The maximum atomic E-state index is 6.18. The van der Waals surface area contributed by atoms with E-state index in [2.05, 4.69) is 58.1 Å². The van der Waals surface area contributed by atoms with E-state index in [0.29, 0.717) is 6.61 Å². The molecule has 0 radical (unpaired) electrons. The van der Waals surface area contributed by atoms with E-state index < -0.39 is 0 Å². The predicted molar refractivity (Wildman–Crippen MR) is 87.5 cm³/mol. The van der Waals surface area contributed by atoms with E-state index in [9.17, 15) is 0 Å². The number of aromatic nitrogens is 2. The van der Waals surface area contributed by atoms with Crippen molar-refractivity contribution in [1.82, 2.24) is 9.55 Å². The summed E-state index contributed by atoms with van der Waals surface area (Å²) in [5.41, 5.74) is 2.38. The van der Waals surface area contributed by atoms with Crippen molar-refractivity contribution in [2.45, 2.75) is 19.1 Å². The van der Waals surface area contributed by atoms with Gasteiger partial charge < -0.3 is 9.30 Å². The smallest absolute Gasteiger partial charge is 0.108 e. The highest BCUT2D eigenvalue weighted by Gasteiger charge is 2.13. The number of aryl methyl sites for hydroxylation is 1. The first-order chi connectivity index (χ1) is 10.9. The van der Waals surface area contributed by atoms with Crippen molar-refractivity contribution in [3.8, 4) is 0 Å². The highest BCUT2D eigenvalue weighted by Crippen LogP contribution is 2.25. The van der Waals surface area contributed by atoms with E-state index in [1.54, 1.807) is 6.20 Å². The van der Waals surface area contributed by atoms with Gasteiger partial charge in [-0.15, -0.1) is 0 Å². The summed E-state index contributed by atoms with van der Waals surface area (Å²) in [5, 5.41) is 0. The molecule has 0 amide bonds. The molecule has 0 fully saturated rings. The van der Waals surface area contributed by atoms with Crippen LogP contribution in [0, 0.1) is 0 Å². The summed E-state index contributed by atoms with van der Waals surface area (Å²) in [5.74, 6) is 0. The van der Waals surface area contributed by atoms with Gasteiger partial charge in [0.25, 0.3) is 0 Å². The molecule has 1 aromatic heterocycles. The molecule has 0 atom stereocenters. The standard InChI is InChI=1S/C19H20N2O/c1-3-8-17(9-4-1)19(18-10-5-2-6-11-18)22-15-7-13-21-14-12-20-16-21/h1-6,8-12,14,16,19H,7,13,15H2. The molecule has 112 valence electrons. The average molecular weight is 292 g/mol. The number of hydrogen-bond donors (Lipinski definition) is 0. The Kier molecular flexibility index (Phi) is 5.00. The molecule has 0 bridgehead atoms. The minimum atomic E-state index is -0.00909. The summed E-state index contributed by atoms with van der Waals surface area (Å²) in [6, 6.07) is 20.8. The zero-order valence-corrected chi connectivity index (χ0v) is 12.5. The van der Waals surface area contributed by atoms with Gasteiger partial charge in [0.15, 0.2) is 0 Å². The van der Waals surface area contributed by atoms with Crippen molar-refractivity contribution in [3.05, 3.63) is 90.5 Å². The topological polar surface area (TPSA) is 27.1 Å². The Morgan fingerprint density at radius 1 is 0.909 bits per heavy atom. The van der Waals surface area contributed by atoms with E-state index in [-0.39, 0.29) is 6.10 Å². The van der Waals surface area contributed by atoms with Gasteiger partial charge in [0.2, 0.25) is 0 Å². The van der Waals surface area contributed by atoms with Gasteiger partial charge in [0.1, 0.15) is 6.10 Å². The van der Waals surface area contributed by atoms with Crippen LogP contribution in [0.15, 0.2) is 79.4 Å². The number of nitrogens with zero attached hydrogens (tertiary/aromatic N) is 2. The number of ether oxygens (including phenoxy) is 1. The van der Waals surface area contributed by atoms with E-state index in [1.165, 1.54) is 11.1 Å². The van der Waals surface area contributed by atoms with Gasteiger partial charge in [-0.3, -0.25) is 0 Å². The summed E-state index contributed by atoms with van der Waals surface area (Å²) in [4.78, 5) is 4.05. The van der Waals surface area contributed by atoms with Gasteiger partial charge in [-0.05, 0) is 17.5 Å². The lowest BCUT2D eigenvalue weighted by atomic mass is 10.0. The Morgan fingerprint density at radius 3 is 2.09 bits per heavy atom. The fourth-order valence-electron chi connectivity index (χ4n) is 2.51. The van der Waals surface area contributed by atoms with E-state index >= 15 is 0 Å². The summed E-state index contributed by atoms with van der Waals surface area (Å²) >= 11 is 0. The zero-order valence-electron chi connectivity index (χ0n) is 12.5. The molecule has 1 heterocycles. The Morgan fingerprint density at radius 2 is 1.55 bits per heavy atom. The molecule has 3 heteroatoms. The minimum absolute atomic E-state index is 0.00909. The van der Waals surface area contributed by atoms with Crippen LogP contribution in [-0.4, -0.2) is 16.2 Å². The molecule has 22 heavy (non-hydrogen) atoms. The van der Waals surface area contributed by atoms with Crippen LogP contribution in [0.2, 0.25) is 0 Å². The molecular formula is C19H20N2O. The Balaban J connectivity index is 1.64. The largest absolute Gasteiger partial charge is 0.369 e. The molecule has 0 aliphatic carbocycles. The lowest BCUT2D eigenvalue weighted by Crippen LogP contribution is -2.09. The minimum Gasteiger partial charge on any atom is -0.369 e. The number of hydrogen-bond acceptors (Lipinski definition) is 2. The lowest BCUT2D eigenvalue weighted by Gasteiger charge is -2.19. The lowest BCUT2D eigenvalue weighted by molar-refractivity contribution is 0.0760. The zero-order chi connectivity index (χ0) is 15.0. The molecule has 0 saturated heterocycles. The summed E-state index contributed by atoms with van der Waals surface area (Å²) < 4.78 is 8.25. The quantitative estimate of drug-likeness (QED) is 0.614. The Hall–Kier alpha value is -2.39. The maximum Gasteiger partial charge on any atom is 0.108 e. The third-order valence-electron chi connectivity index (χ3n) is 3.61. The molecule has 0 unspecified atom stereocenters. The van der Waals surface area contributed by atoms with Gasteiger partial charge in [-0.2, -0.15) is 0 Å². The molecule has 0 aliphatic rings. The van der Waals surface area contributed by atoms with Crippen LogP contribution >= 0.6 is 0 Å². The first kappa shape index (κ1) is 14.5. The SMILES string of the molecule is c1ccc(C(OCCCn2ccnc2)c2ccccc2)cc1. The molecule has 0 saturated carbocycles. The Bertz CT molecular complexity index is 611. The second-order valence-corrected chi connectivity index (χ2v) is 5.23. The fourth-order valence-corrected chi connectivity index (χ4v) is 2.51. The molecule has 2 aromatic carbocycles. The van der Waals surface area contributed by atoms with E-state index in [0.717, 1.165) is 13.0 Å². The molecular weight excluding hydrogens is 272 g/mol. The summed E-state index contributed by atoms with van der Waals surface area (Å²) in [7, 11) is 0. The molecule has 3 aromatic rings. The molecule has 3 nitrogen and oxygen atoms in total. The van der Waals surface area contributed by atoms with Crippen molar-refractivity contribution < 1.29 is 4.74 Å². The van der Waals surface area contributed by atoms with Crippen LogP contribution in [0.4, 0.5) is 0 Å². The molecule has 0 aliphatic heterocycles. The Labute approximate surface area is 131 Å². The third kappa shape index (κ3) is 3.83. The van der Waals surface area contributed by atoms with Crippen molar-refractivity contribution in [2.24, 2.45) is 0 Å². The van der Waals surface area contributed by atoms with Crippen molar-refractivity contribution >= 4 is 0 Å². The fraction of sp³-hybridized carbons (Fsp3) is 0.211. The van der Waals surface area contributed by atoms with Crippen LogP contribution in [0.3, 0.4) is 0 Å². The molecule has 3 rings (SSSR count). The average Bonchev–Trinajstić information content (AvgIpc) is 3.10. The van der Waals surface area contributed by atoms with Crippen molar-refractivity contribution in [2.75, 3.05) is 6.61 Å². The summed E-state index contributed by atoms with van der Waals surface area (Å²) in [6.45, 7) is 1.64. The van der Waals surface area contributed by atoms with Crippen LogP contribution in [0.1, 0.15) is 23.7 Å². The molecule has 0 N–H and O–H groups in total. The third-order valence-corrected chi connectivity index (χ3v) is 3.61. The molecule has 0 spiro atoms. The van der Waals surface area contributed by atoms with Crippen LogP contribution < -0.4 is 0 Å². The van der Waals surface area contributed by atoms with Crippen LogP contribution in [0.25, 0.3) is 0 Å². The van der Waals surface area contributed by atoms with Gasteiger partial charge in [-0.1, -0.05) is 60.7 Å². The van der Waals surface area contributed by atoms with Crippen molar-refractivity contribution in [3.63, 3.8) is 0 Å². The first-order valence-corrected chi connectivity index (χ1v) is 7.61. The van der Waals surface area contributed by atoms with Crippen molar-refractivity contribution in [1.29, 1.82) is 0 Å². The normalized spacial score (nSPS) is 11.0. The summed E-state index contributed by atoms with van der Waals surface area (Å²) in [6.07, 6.45) is 6.58. The maximum absolute atomic E-state index is 6.18. The van der Waals surface area contributed by atoms with Gasteiger partial charge in [0, 0.05) is 25.5 Å². The van der Waals surface area contributed by atoms with E-state index in [1.807, 2.05) is 24.7 Å². The van der Waals surface area contributed by atoms with Gasteiger partial charge >= 0.3 is 0 Å². The van der Waals surface area contributed by atoms with Gasteiger partial charge in [-0.25, -0.2) is 4.98 Å². The second-order valence-electron chi connectivity index (χ2n) is 5.23.